The molecule has 2 N–H and O–H groups in total. The highest BCUT2D eigenvalue weighted by atomic mass is 16.5. The predicted octanol–water partition coefficient (Wildman–Crippen LogP) is 3.55. The second kappa shape index (κ2) is 12.6. The third kappa shape index (κ3) is 7.76. The van der Waals surface area contributed by atoms with Crippen molar-refractivity contribution in [3.05, 3.63) is 54.6 Å². The molecule has 0 aliphatic rings. The summed E-state index contributed by atoms with van der Waals surface area (Å²) < 4.78 is 21.5. The summed E-state index contributed by atoms with van der Waals surface area (Å²) in [7, 11) is 1.55. The standard InChI is InChI=1S/C25H32O6/c1-28-15-23(26)16-29-10-4-5-11-30-17-24(27)18-31-25-9-8-21-12-19-6-2-3-7-20(19)13-22(21)14-25/h2-3,6-9,12-14,23-24,26-27H,4-5,10-11,15-18H2,1H3. The Kier molecular flexibility index (Phi) is 9.52. The Bertz CT molecular complexity index is 928. The van der Waals surface area contributed by atoms with E-state index < -0.39 is 12.2 Å². The quantitative estimate of drug-likeness (QED) is 0.302. The number of hydrogen-bond donors (Lipinski definition) is 2. The van der Waals surface area contributed by atoms with Crippen LogP contribution in [0, 0.1) is 0 Å². The van der Waals surface area contributed by atoms with Gasteiger partial charge in [-0.1, -0.05) is 30.3 Å². The van der Waals surface area contributed by atoms with E-state index in [-0.39, 0.29) is 26.4 Å². The molecular formula is C25H32O6. The van der Waals surface area contributed by atoms with Gasteiger partial charge in [-0.2, -0.15) is 0 Å². The molecule has 0 saturated carbocycles. The van der Waals surface area contributed by atoms with Crippen molar-refractivity contribution in [1.29, 1.82) is 0 Å². The number of methoxy groups -OCH3 is 1. The topological polar surface area (TPSA) is 77.4 Å². The van der Waals surface area contributed by atoms with Gasteiger partial charge in [-0.25, -0.2) is 0 Å². The van der Waals surface area contributed by atoms with Crippen molar-refractivity contribution in [1.82, 2.24) is 0 Å². The van der Waals surface area contributed by atoms with Crippen LogP contribution in [0.5, 0.6) is 5.75 Å². The highest BCUT2D eigenvalue weighted by Gasteiger charge is 2.07. The van der Waals surface area contributed by atoms with Crippen molar-refractivity contribution in [2.45, 2.75) is 25.0 Å². The van der Waals surface area contributed by atoms with Gasteiger partial charge in [-0.05, 0) is 58.7 Å². The fourth-order valence-electron chi connectivity index (χ4n) is 3.34. The molecule has 6 heteroatoms. The fraction of sp³-hybridized carbons (Fsp3) is 0.440. The Morgan fingerprint density at radius 1 is 0.677 bits per heavy atom. The Hall–Kier alpha value is -2.22. The monoisotopic (exact) mass is 428 g/mol. The average molecular weight is 429 g/mol. The molecule has 6 nitrogen and oxygen atoms in total. The van der Waals surface area contributed by atoms with E-state index in [9.17, 15) is 10.2 Å². The van der Waals surface area contributed by atoms with Gasteiger partial charge in [0.1, 0.15) is 24.6 Å². The van der Waals surface area contributed by atoms with Gasteiger partial charge < -0.3 is 29.2 Å². The molecule has 0 aliphatic heterocycles. The molecule has 0 heterocycles. The lowest BCUT2D eigenvalue weighted by molar-refractivity contribution is -0.0109. The van der Waals surface area contributed by atoms with Crippen LogP contribution in [-0.4, -0.2) is 69.2 Å². The molecule has 31 heavy (non-hydrogen) atoms. The molecule has 0 bridgehead atoms. The fourth-order valence-corrected chi connectivity index (χ4v) is 3.34. The van der Waals surface area contributed by atoms with Gasteiger partial charge in [-0.3, -0.25) is 0 Å². The van der Waals surface area contributed by atoms with Gasteiger partial charge in [0.05, 0.1) is 19.8 Å². The number of hydrogen-bond acceptors (Lipinski definition) is 6. The van der Waals surface area contributed by atoms with Gasteiger partial charge in [0.25, 0.3) is 0 Å². The maximum absolute atomic E-state index is 10.1. The number of ether oxygens (including phenoxy) is 4. The maximum atomic E-state index is 10.1. The molecule has 0 spiro atoms. The number of benzene rings is 3. The Labute approximate surface area is 183 Å². The average Bonchev–Trinajstić information content (AvgIpc) is 2.78. The molecule has 0 saturated heterocycles. The molecule has 168 valence electrons. The molecule has 3 rings (SSSR count). The first-order valence-corrected chi connectivity index (χ1v) is 10.7. The first-order valence-electron chi connectivity index (χ1n) is 10.7. The summed E-state index contributed by atoms with van der Waals surface area (Å²) in [5, 5.41) is 24.2. The van der Waals surface area contributed by atoms with Crippen molar-refractivity contribution in [2.75, 3.05) is 46.8 Å². The van der Waals surface area contributed by atoms with Crippen LogP contribution >= 0.6 is 0 Å². The molecule has 0 aliphatic carbocycles. The number of aliphatic hydroxyl groups excluding tert-OH is 2. The zero-order valence-electron chi connectivity index (χ0n) is 18.0. The minimum absolute atomic E-state index is 0.180. The Balaban J connectivity index is 1.32. The van der Waals surface area contributed by atoms with Gasteiger partial charge in [0.15, 0.2) is 0 Å². The van der Waals surface area contributed by atoms with E-state index in [0.717, 1.165) is 29.4 Å². The maximum Gasteiger partial charge on any atom is 0.120 e. The molecular weight excluding hydrogens is 396 g/mol. The van der Waals surface area contributed by atoms with Crippen molar-refractivity contribution in [3.63, 3.8) is 0 Å². The summed E-state index contributed by atoms with van der Waals surface area (Å²) in [5.41, 5.74) is 0. The lowest BCUT2D eigenvalue weighted by atomic mass is 10.0. The summed E-state index contributed by atoms with van der Waals surface area (Å²) in [6.45, 7) is 2.07. The Morgan fingerprint density at radius 2 is 1.26 bits per heavy atom. The summed E-state index contributed by atoms with van der Waals surface area (Å²) in [4.78, 5) is 0. The summed E-state index contributed by atoms with van der Waals surface area (Å²) in [6, 6.07) is 18.6. The molecule has 0 radical (unpaired) electrons. The largest absolute Gasteiger partial charge is 0.491 e. The molecule has 0 amide bonds. The van der Waals surface area contributed by atoms with E-state index in [2.05, 4.69) is 24.3 Å². The van der Waals surface area contributed by atoms with Gasteiger partial charge >= 0.3 is 0 Å². The van der Waals surface area contributed by atoms with Crippen molar-refractivity contribution < 1.29 is 29.2 Å². The molecule has 3 aromatic carbocycles. The van der Waals surface area contributed by atoms with E-state index in [1.807, 2.05) is 30.3 Å². The van der Waals surface area contributed by atoms with Crippen LogP contribution in [0.15, 0.2) is 54.6 Å². The third-order valence-electron chi connectivity index (χ3n) is 4.93. The van der Waals surface area contributed by atoms with Gasteiger partial charge in [-0.15, -0.1) is 0 Å². The number of rotatable bonds is 14. The highest BCUT2D eigenvalue weighted by molar-refractivity contribution is 5.98. The van der Waals surface area contributed by atoms with Crippen molar-refractivity contribution >= 4 is 21.5 Å². The molecule has 0 aromatic heterocycles. The van der Waals surface area contributed by atoms with Crippen molar-refractivity contribution in [3.8, 4) is 5.75 Å². The number of fused-ring (bicyclic) bond motifs is 2. The van der Waals surface area contributed by atoms with Crippen LogP contribution in [0.4, 0.5) is 0 Å². The minimum Gasteiger partial charge on any atom is -0.491 e. The second-order valence-electron chi connectivity index (χ2n) is 7.64. The summed E-state index contributed by atoms with van der Waals surface area (Å²) in [5.74, 6) is 0.731. The predicted molar refractivity (Wildman–Crippen MR) is 122 cm³/mol. The van der Waals surface area contributed by atoms with Gasteiger partial charge in [0.2, 0.25) is 0 Å². The Morgan fingerprint density at radius 3 is 1.90 bits per heavy atom. The van der Waals surface area contributed by atoms with E-state index >= 15 is 0 Å². The summed E-state index contributed by atoms with van der Waals surface area (Å²) in [6.07, 6.45) is 0.385. The first kappa shape index (κ1) is 23.4. The van der Waals surface area contributed by atoms with E-state index in [1.165, 1.54) is 10.8 Å². The molecule has 0 fully saturated rings. The van der Waals surface area contributed by atoms with Crippen LogP contribution in [0.25, 0.3) is 21.5 Å². The van der Waals surface area contributed by atoms with Crippen LogP contribution < -0.4 is 4.74 Å². The lowest BCUT2D eigenvalue weighted by Crippen LogP contribution is -2.24. The second-order valence-corrected chi connectivity index (χ2v) is 7.64. The first-order chi connectivity index (χ1) is 15.2. The van der Waals surface area contributed by atoms with Crippen LogP contribution in [0.1, 0.15) is 12.8 Å². The van der Waals surface area contributed by atoms with Crippen LogP contribution in [-0.2, 0) is 14.2 Å². The number of unbranched alkanes of at least 4 members (excludes halogenated alkanes) is 1. The molecule has 2 atom stereocenters. The third-order valence-corrected chi connectivity index (χ3v) is 4.93. The van der Waals surface area contributed by atoms with E-state index in [4.69, 9.17) is 18.9 Å². The number of aliphatic hydroxyl groups is 2. The van der Waals surface area contributed by atoms with Crippen LogP contribution in [0.2, 0.25) is 0 Å². The van der Waals surface area contributed by atoms with Crippen molar-refractivity contribution in [2.24, 2.45) is 0 Å². The zero-order chi connectivity index (χ0) is 21.9. The van der Waals surface area contributed by atoms with Crippen LogP contribution in [0.3, 0.4) is 0 Å². The normalized spacial score (nSPS) is 13.5. The smallest absolute Gasteiger partial charge is 0.120 e. The SMILES string of the molecule is COCC(O)COCCCCOCC(O)COc1ccc2cc3ccccc3cc2c1. The van der Waals surface area contributed by atoms with E-state index in [1.54, 1.807) is 7.11 Å². The zero-order valence-corrected chi connectivity index (χ0v) is 18.0. The molecule has 3 aromatic rings. The lowest BCUT2D eigenvalue weighted by Gasteiger charge is -2.14. The van der Waals surface area contributed by atoms with E-state index in [0.29, 0.717) is 13.2 Å². The minimum atomic E-state index is -0.687. The summed E-state index contributed by atoms with van der Waals surface area (Å²) >= 11 is 0. The molecule has 2 unspecified atom stereocenters. The van der Waals surface area contributed by atoms with Gasteiger partial charge in [0, 0.05) is 20.3 Å². The highest BCUT2D eigenvalue weighted by Crippen LogP contribution is 2.26.